The van der Waals surface area contributed by atoms with Crippen molar-refractivity contribution in [3.8, 4) is 5.75 Å². The zero-order valence-corrected chi connectivity index (χ0v) is 11.9. The standard InChI is InChI=1S/C14H20N2O4/c1-10(8-15-2)14(18)16-11-5-4-6-12(7-11)20-9-13(17)19-3/h4-7,10,15H,8-9H2,1-3H3,(H,16,18). The summed E-state index contributed by atoms with van der Waals surface area (Å²) in [6.45, 7) is 2.28. The maximum absolute atomic E-state index is 11.9. The molecule has 1 unspecified atom stereocenters. The second kappa shape index (κ2) is 8.16. The summed E-state index contributed by atoms with van der Waals surface area (Å²) in [7, 11) is 3.09. The minimum atomic E-state index is -0.456. The van der Waals surface area contributed by atoms with Crippen molar-refractivity contribution in [2.75, 3.05) is 32.6 Å². The number of carbonyl (C=O) groups excluding carboxylic acids is 2. The molecule has 2 N–H and O–H groups in total. The van der Waals surface area contributed by atoms with Crippen LogP contribution in [-0.4, -0.2) is 39.2 Å². The van der Waals surface area contributed by atoms with Crippen LogP contribution in [0.25, 0.3) is 0 Å². The molecular weight excluding hydrogens is 260 g/mol. The van der Waals surface area contributed by atoms with E-state index in [9.17, 15) is 9.59 Å². The van der Waals surface area contributed by atoms with Crippen molar-refractivity contribution >= 4 is 17.6 Å². The fourth-order valence-electron chi connectivity index (χ4n) is 1.53. The lowest BCUT2D eigenvalue weighted by Crippen LogP contribution is -2.28. The van der Waals surface area contributed by atoms with E-state index in [-0.39, 0.29) is 18.4 Å². The van der Waals surface area contributed by atoms with Crippen LogP contribution in [0.15, 0.2) is 24.3 Å². The van der Waals surface area contributed by atoms with Gasteiger partial charge in [-0.15, -0.1) is 0 Å². The molecule has 0 bridgehead atoms. The van der Waals surface area contributed by atoms with E-state index in [1.54, 1.807) is 31.3 Å². The van der Waals surface area contributed by atoms with Gasteiger partial charge in [0.2, 0.25) is 5.91 Å². The van der Waals surface area contributed by atoms with Gasteiger partial charge in [0.15, 0.2) is 6.61 Å². The van der Waals surface area contributed by atoms with E-state index in [4.69, 9.17) is 4.74 Å². The fourth-order valence-corrected chi connectivity index (χ4v) is 1.53. The topological polar surface area (TPSA) is 76.7 Å². The summed E-state index contributed by atoms with van der Waals surface area (Å²) in [5, 5.41) is 5.74. The summed E-state index contributed by atoms with van der Waals surface area (Å²) in [6, 6.07) is 6.86. The van der Waals surface area contributed by atoms with Gasteiger partial charge < -0.3 is 20.1 Å². The van der Waals surface area contributed by atoms with Crippen molar-refractivity contribution in [2.45, 2.75) is 6.92 Å². The average molecular weight is 280 g/mol. The molecule has 0 spiro atoms. The molecule has 1 atom stereocenters. The van der Waals surface area contributed by atoms with Crippen molar-refractivity contribution in [2.24, 2.45) is 5.92 Å². The first-order chi connectivity index (χ1) is 9.56. The Bertz CT molecular complexity index is 462. The quantitative estimate of drug-likeness (QED) is 0.730. The van der Waals surface area contributed by atoms with Crippen molar-refractivity contribution in [3.63, 3.8) is 0 Å². The maximum Gasteiger partial charge on any atom is 0.343 e. The minimum Gasteiger partial charge on any atom is -0.482 e. The molecule has 1 rings (SSSR count). The van der Waals surface area contributed by atoms with Crippen LogP contribution in [0.1, 0.15) is 6.92 Å². The molecule has 6 nitrogen and oxygen atoms in total. The number of anilines is 1. The predicted molar refractivity (Wildman–Crippen MR) is 75.7 cm³/mol. The number of benzene rings is 1. The molecule has 1 aromatic carbocycles. The third-order valence-electron chi connectivity index (χ3n) is 2.64. The largest absolute Gasteiger partial charge is 0.482 e. The highest BCUT2D eigenvalue weighted by Gasteiger charge is 2.12. The lowest BCUT2D eigenvalue weighted by Gasteiger charge is -2.12. The number of rotatable bonds is 7. The van der Waals surface area contributed by atoms with Gasteiger partial charge in [0.25, 0.3) is 0 Å². The Hall–Kier alpha value is -2.08. The third kappa shape index (κ3) is 5.27. The molecule has 0 saturated heterocycles. The first-order valence-electron chi connectivity index (χ1n) is 6.32. The van der Waals surface area contributed by atoms with Crippen molar-refractivity contribution in [3.05, 3.63) is 24.3 Å². The molecular formula is C14H20N2O4. The van der Waals surface area contributed by atoms with Crippen LogP contribution in [0, 0.1) is 5.92 Å². The molecule has 0 fully saturated rings. The van der Waals surface area contributed by atoms with E-state index in [0.29, 0.717) is 18.0 Å². The van der Waals surface area contributed by atoms with E-state index < -0.39 is 5.97 Å². The zero-order chi connectivity index (χ0) is 15.0. The Morgan fingerprint density at radius 2 is 2.10 bits per heavy atom. The highest BCUT2D eigenvalue weighted by Crippen LogP contribution is 2.18. The molecule has 0 aromatic heterocycles. The number of ether oxygens (including phenoxy) is 2. The van der Waals surface area contributed by atoms with Crippen LogP contribution in [0.4, 0.5) is 5.69 Å². The van der Waals surface area contributed by atoms with Crippen molar-refractivity contribution in [1.82, 2.24) is 5.32 Å². The zero-order valence-electron chi connectivity index (χ0n) is 11.9. The highest BCUT2D eigenvalue weighted by atomic mass is 16.6. The number of amides is 1. The smallest absolute Gasteiger partial charge is 0.343 e. The Morgan fingerprint density at radius 1 is 1.35 bits per heavy atom. The molecule has 110 valence electrons. The second-order valence-electron chi connectivity index (χ2n) is 4.34. The van der Waals surface area contributed by atoms with Gasteiger partial charge in [0.05, 0.1) is 7.11 Å². The van der Waals surface area contributed by atoms with Gasteiger partial charge in [0.1, 0.15) is 5.75 Å². The summed E-state index contributed by atoms with van der Waals surface area (Å²) in [5.41, 5.74) is 0.625. The first kappa shape index (κ1) is 16.0. The minimum absolute atomic E-state index is 0.0792. The Labute approximate surface area is 118 Å². The van der Waals surface area contributed by atoms with Gasteiger partial charge in [-0.05, 0) is 19.2 Å². The number of hydrogen-bond acceptors (Lipinski definition) is 5. The molecule has 0 aliphatic rings. The van der Waals surface area contributed by atoms with Gasteiger partial charge in [-0.2, -0.15) is 0 Å². The van der Waals surface area contributed by atoms with Gasteiger partial charge in [-0.25, -0.2) is 4.79 Å². The Morgan fingerprint density at radius 3 is 2.75 bits per heavy atom. The number of nitrogens with one attached hydrogen (secondary N) is 2. The lowest BCUT2D eigenvalue weighted by atomic mass is 10.1. The second-order valence-corrected chi connectivity index (χ2v) is 4.34. The molecule has 1 amide bonds. The maximum atomic E-state index is 11.9. The number of esters is 1. The monoisotopic (exact) mass is 280 g/mol. The summed E-state index contributed by atoms with van der Waals surface area (Å²) in [5.74, 6) is -0.180. The lowest BCUT2D eigenvalue weighted by molar-refractivity contribution is -0.142. The summed E-state index contributed by atoms with van der Waals surface area (Å²) >= 11 is 0. The third-order valence-corrected chi connectivity index (χ3v) is 2.64. The van der Waals surface area contributed by atoms with Crippen LogP contribution in [0.2, 0.25) is 0 Å². The summed E-state index contributed by atoms with van der Waals surface area (Å²) in [4.78, 5) is 22.8. The number of hydrogen-bond donors (Lipinski definition) is 2. The van der Waals surface area contributed by atoms with Gasteiger partial charge >= 0.3 is 5.97 Å². The van der Waals surface area contributed by atoms with E-state index in [2.05, 4.69) is 15.4 Å². The number of carbonyl (C=O) groups is 2. The van der Waals surface area contributed by atoms with Gasteiger partial charge in [-0.1, -0.05) is 13.0 Å². The van der Waals surface area contributed by atoms with E-state index in [1.807, 2.05) is 6.92 Å². The Kier molecular flexibility index (Phi) is 6.52. The molecule has 0 heterocycles. The fraction of sp³-hybridized carbons (Fsp3) is 0.429. The molecule has 0 saturated carbocycles. The van der Waals surface area contributed by atoms with E-state index in [1.165, 1.54) is 7.11 Å². The molecule has 0 radical (unpaired) electrons. The molecule has 0 aliphatic carbocycles. The van der Waals surface area contributed by atoms with E-state index >= 15 is 0 Å². The van der Waals surface area contributed by atoms with E-state index in [0.717, 1.165) is 0 Å². The average Bonchev–Trinajstić information content (AvgIpc) is 2.45. The highest BCUT2D eigenvalue weighted by molar-refractivity contribution is 5.92. The summed E-state index contributed by atoms with van der Waals surface area (Å²) < 4.78 is 9.74. The van der Waals surface area contributed by atoms with Crippen molar-refractivity contribution in [1.29, 1.82) is 0 Å². The molecule has 1 aromatic rings. The van der Waals surface area contributed by atoms with Gasteiger partial charge in [-0.3, -0.25) is 4.79 Å². The number of methoxy groups -OCH3 is 1. The van der Waals surface area contributed by atoms with Gasteiger partial charge in [0, 0.05) is 24.2 Å². The SMILES string of the molecule is CNCC(C)C(=O)Nc1cccc(OCC(=O)OC)c1. The van der Waals surface area contributed by atoms with Crippen LogP contribution >= 0.6 is 0 Å². The first-order valence-corrected chi connectivity index (χ1v) is 6.32. The van der Waals surface area contributed by atoms with Crippen LogP contribution in [0.3, 0.4) is 0 Å². The van der Waals surface area contributed by atoms with Crippen molar-refractivity contribution < 1.29 is 19.1 Å². The van der Waals surface area contributed by atoms with Crippen LogP contribution < -0.4 is 15.4 Å². The predicted octanol–water partition coefficient (Wildman–Crippen LogP) is 1.03. The summed E-state index contributed by atoms with van der Waals surface area (Å²) in [6.07, 6.45) is 0. The van der Waals surface area contributed by atoms with Crippen LogP contribution in [0.5, 0.6) is 5.75 Å². The normalized spacial score (nSPS) is 11.6. The molecule has 0 aliphatic heterocycles. The van der Waals surface area contributed by atoms with Crippen LogP contribution in [-0.2, 0) is 14.3 Å². The Balaban J connectivity index is 2.59. The molecule has 20 heavy (non-hydrogen) atoms. The molecule has 6 heteroatoms.